The van der Waals surface area contributed by atoms with Gasteiger partial charge in [0.2, 0.25) is 17.7 Å². The summed E-state index contributed by atoms with van der Waals surface area (Å²) in [5.41, 5.74) is 5.72. The van der Waals surface area contributed by atoms with Crippen molar-refractivity contribution < 1.29 is 29.4 Å². The Bertz CT molecular complexity index is 523. The Labute approximate surface area is 152 Å². The summed E-state index contributed by atoms with van der Waals surface area (Å²) in [5, 5.41) is 25.0. The average Bonchev–Trinajstić information content (AvgIpc) is 2.55. The van der Waals surface area contributed by atoms with Gasteiger partial charge in [0.25, 0.3) is 0 Å². The predicted molar refractivity (Wildman–Crippen MR) is 93.8 cm³/mol. The summed E-state index contributed by atoms with van der Waals surface area (Å²) in [6, 6.07) is -4.21. The van der Waals surface area contributed by atoms with Gasteiger partial charge >= 0.3 is 5.97 Å². The average molecular weight is 374 g/mol. The van der Waals surface area contributed by atoms with Crippen molar-refractivity contribution in [2.75, 3.05) is 6.61 Å². The van der Waals surface area contributed by atoms with Gasteiger partial charge in [0.15, 0.2) is 0 Å². The van der Waals surface area contributed by atoms with Crippen molar-refractivity contribution >= 4 is 23.7 Å². The van der Waals surface area contributed by atoms with Gasteiger partial charge in [-0.3, -0.25) is 14.4 Å². The van der Waals surface area contributed by atoms with Crippen LogP contribution in [-0.4, -0.2) is 64.7 Å². The summed E-state index contributed by atoms with van der Waals surface area (Å²) in [7, 11) is 0. The van der Waals surface area contributed by atoms with Crippen molar-refractivity contribution in [3.05, 3.63) is 0 Å². The molecule has 3 amide bonds. The molecule has 0 aromatic carbocycles. The number of aliphatic carboxylic acids is 1. The summed E-state index contributed by atoms with van der Waals surface area (Å²) in [5.74, 6) is -3.69. The lowest BCUT2D eigenvalue weighted by molar-refractivity contribution is -0.143. The van der Waals surface area contributed by atoms with Crippen LogP contribution in [0.2, 0.25) is 0 Å². The zero-order valence-corrected chi connectivity index (χ0v) is 15.8. The Balaban J connectivity index is 4.93. The fourth-order valence-corrected chi connectivity index (χ4v) is 1.94. The van der Waals surface area contributed by atoms with Crippen LogP contribution in [0.5, 0.6) is 0 Å². The van der Waals surface area contributed by atoms with E-state index < -0.39 is 54.5 Å². The largest absolute Gasteiger partial charge is 0.480 e. The van der Waals surface area contributed by atoms with Gasteiger partial charge in [0.1, 0.15) is 18.1 Å². The topological polar surface area (TPSA) is 171 Å². The fraction of sp³-hybridized carbons (Fsp3) is 0.750. The van der Waals surface area contributed by atoms with Gasteiger partial charge < -0.3 is 31.9 Å². The lowest BCUT2D eigenvalue weighted by Crippen LogP contribution is -2.58. The Morgan fingerprint density at radius 2 is 1.38 bits per heavy atom. The van der Waals surface area contributed by atoms with E-state index in [4.69, 9.17) is 15.9 Å². The highest BCUT2D eigenvalue weighted by atomic mass is 16.4. The van der Waals surface area contributed by atoms with E-state index >= 15 is 0 Å². The first kappa shape index (κ1) is 23.8. The van der Waals surface area contributed by atoms with Crippen LogP contribution in [0.25, 0.3) is 0 Å². The van der Waals surface area contributed by atoms with Crippen LogP contribution >= 0.6 is 0 Å². The van der Waals surface area contributed by atoms with Crippen LogP contribution in [0.3, 0.4) is 0 Å². The van der Waals surface area contributed by atoms with Crippen LogP contribution < -0.4 is 21.7 Å². The molecule has 0 bridgehead atoms. The van der Waals surface area contributed by atoms with E-state index in [1.807, 2.05) is 0 Å². The van der Waals surface area contributed by atoms with Crippen molar-refractivity contribution in [3.8, 4) is 0 Å². The first-order valence-corrected chi connectivity index (χ1v) is 8.42. The zero-order valence-electron chi connectivity index (χ0n) is 15.8. The Morgan fingerprint density at radius 1 is 0.846 bits per heavy atom. The molecule has 0 aromatic rings. The number of carboxylic acids is 1. The lowest BCUT2D eigenvalue weighted by Gasteiger charge is -2.25. The second-order valence-corrected chi connectivity index (χ2v) is 6.81. The van der Waals surface area contributed by atoms with E-state index in [1.165, 1.54) is 6.92 Å². The van der Waals surface area contributed by atoms with Gasteiger partial charge in [0, 0.05) is 0 Å². The molecule has 0 spiro atoms. The summed E-state index contributed by atoms with van der Waals surface area (Å²) in [4.78, 5) is 47.3. The number of carbonyl (C=O) groups is 4. The van der Waals surface area contributed by atoms with Crippen LogP contribution in [0.15, 0.2) is 0 Å². The SMILES string of the molecule is CC(NC(=O)C(N)C(C)C)C(=O)NC(C(=O)NC(CO)C(=O)O)C(C)C. The van der Waals surface area contributed by atoms with Crippen LogP contribution in [0.1, 0.15) is 34.6 Å². The zero-order chi connectivity index (χ0) is 20.6. The molecule has 150 valence electrons. The monoisotopic (exact) mass is 374 g/mol. The molecule has 0 aliphatic rings. The third-order valence-corrected chi connectivity index (χ3v) is 3.82. The minimum absolute atomic E-state index is 0.106. The summed E-state index contributed by atoms with van der Waals surface area (Å²) in [6.07, 6.45) is 0. The second-order valence-electron chi connectivity index (χ2n) is 6.81. The predicted octanol–water partition coefficient (Wildman–Crippen LogP) is -1.82. The molecule has 0 fully saturated rings. The maximum atomic E-state index is 12.3. The van der Waals surface area contributed by atoms with E-state index in [0.29, 0.717) is 0 Å². The first-order valence-electron chi connectivity index (χ1n) is 8.42. The second kappa shape index (κ2) is 10.7. The molecule has 26 heavy (non-hydrogen) atoms. The summed E-state index contributed by atoms with van der Waals surface area (Å²) in [6.45, 7) is 7.54. The molecule has 10 heteroatoms. The van der Waals surface area contributed by atoms with Crippen LogP contribution in [0.4, 0.5) is 0 Å². The molecule has 4 unspecified atom stereocenters. The van der Waals surface area contributed by atoms with Gasteiger partial charge in [-0.15, -0.1) is 0 Å². The Morgan fingerprint density at radius 3 is 1.77 bits per heavy atom. The molecule has 0 saturated heterocycles. The molecule has 10 nitrogen and oxygen atoms in total. The molecule has 4 atom stereocenters. The number of aliphatic hydroxyl groups is 1. The minimum Gasteiger partial charge on any atom is -0.480 e. The van der Waals surface area contributed by atoms with Crippen LogP contribution in [-0.2, 0) is 19.2 Å². The fourth-order valence-electron chi connectivity index (χ4n) is 1.94. The van der Waals surface area contributed by atoms with E-state index in [1.54, 1.807) is 27.7 Å². The number of carboxylic acid groups (broad SMARTS) is 1. The van der Waals surface area contributed by atoms with Crippen LogP contribution in [0, 0.1) is 11.8 Å². The third kappa shape index (κ3) is 7.36. The van der Waals surface area contributed by atoms with E-state index in [2.05, 4.69) is 16.0 Å². The van der Waals surface area contributed by atoms with Gasteiger partial charge in [0.05, 0.1) is 12.6 Å². The highest BCUT2D eigenvalue weighted by Gasteiger charge is 2.30. The molecule has 0 aromatic heterocycles. The molecule has 0 aliphatic carbocycles. The van der Waals surface area contributed by atoms with Crippen molar-refractivity contribution in [3.63, 3.8) is 0 Å². The van der Waals surface area contributed by atoms with Crippen molar-refractivity contribution in [2.24, 2.45) is 17.6 Å². The molecular weight excluding hydrogens is 344 g/mol. The van der Waals surface area contributed by atoms with Gasteiger partial charge in [-0.25, -0.2) is 4.79 Å². The number of carbonyl (C=O) groups excluding carboxylic acids is 3. The molecular formula is C16H30N4O6. The number of nitrogens with one attached hydrogen (secondary N) is 3. The standard InChI is InChI=1S/C16H30N4O6/c1-7(2)11(17)14(23)18-9(5)13(22)20-12(8(3)4)15(24)19-10(6-21)16(25)26/h7-12,21H,6,17H2,1-5H3,(H,18,23)(H,19,24)(H,20,22)(H,25,26). The van der Waals surface area contributed by atoms with E-state index in [-0.39, 0.29) is 11.8 Å². The third-order valence-electron chi connectivity index (χ3n) is 3.82. The number of amides is 3. The lowest BCUT2D eigenvalue weighted by atomic mass is 10.0. The van der Waals surface area contributed by atoms with Crippen molar-refractivity contribution in [2.45, 2.75) is 58.8 Å². The van der Waals surface area contributed by atoms with E-state index in [9.17, 15) is 19.2 Å². The number of aliphatic hydroxyl groups excluding tert-OH is 1. The molecule has 0 saturated carbocycles. The molecule has 0 aliphatic heterocycles. The normalized spacial score (nSPS) is 15.7. The van der Waals surface area contributed by atoms with Gasteiger partial charge in [-0.2, -0.15) is 0 Å². The van der Waals surface area contributed by atoms with Gasteiger partial charge in [-0.1, -0.05) is 27.7 Å². The molecule has 0 radical (unpaired) electrons. The number of rotatable bonds is 10. The minimum atomic E-state index is -1.47. The Hall–Kier alpha value is -2.20. The number of nitrogens with two attached hydrogens (primary N) is 1. The summed E-state index contributed by atoms with van der Waals surface area (Å²) < 4.78 is 0. The molecule has 7 N–H and O–H groups in total. The van der Waals surface area contributed by atoms with E-state index in [0.717, 1.165) is 0 Å². The summed E-state index contributed by atoms with van der Waals surface area (Å²) >= 11 is 0. The maximum Gasteiger partial charge on any atom is 0.328 e. The van der Waals surface area contributed by atoms with Gasteiger partial charge in [-0.05, 0) is 18.8 Å². The van der Waals surface area contributed by atoms with Crippen molar-refractivity contribution in [1.82, 2.24) is 16.0 Å². The number of hydrogen-bond donors (Lipinski definition) is 6. The highest BCUT2D eigenvalue weighted by Crippen LogP contribution is 2.04. The number of hydrogen-bond acceptors (Lipinski definition) is 6. The molecule has 0 rings (SSSR count). The molecule has 0 heterocycles. The maximum absolute atomic E-state index is 12.3. The van der Waals surface area contributed by atoms with Crippen molar-refractivity contribution in [1.29, 1.82) is 0 Å². The first-order chi connectivity index (χ1) is 11.9. The smallest absolute Gasteiger partial charge is 0.328 e. The highest BCUT2D eigenvalue weighted by molar-refractivity contribution is 5.94. The Kier molecular flexibility index (Phi) is 9.81. The quantitative estimate of drug-likeness (QED) is 0.261.